The van der Waals surface area contributed by atoms with Gasteiger partial charge in [-0.1, -0.05) is 0 Å². The van der Waals surface area contributed by atoms with Crippen LogP contribution >= 0.6 is 23.5 Å². The number of thioether (sulfide) groups is 2. The quantitative estimate of drug-likeness (QED) is 0.399. The second-order valence-corrected chi connectivity index (χ2v) is 10.6. The minimum atomic E-state index is 1.01. The average molecular weight is 332 g/mol. The zero-order chi connectivity index (χ0) is 8.23. The number of hydrogen-bond donors (Lipinski definition) is 0. The summed E-state index contributed by atoms with van der Waals surface area (Å²) in [7, 11) is 0. The summed E-state index contributed by atoms with van der Waals surface area (Å²) in [6.07, 6.45) is 0. The van der Waals surface area contributed by atoms with Gasteiger partial charge in [-0.3, -0.25) is 0 Å². The third-order valence-corrected chi connectivity index (χ3v) is 10.7. The van der Waals surface area contributed by atoms with Gasteiger partial charge in [-0.25, -0.2) is 0 Å². The summed E-state index contributed by atoms with van der Waals surface area (Å²) >= 11 is 6.34. The molecule has 2 atom stereocenters. The monoisotopic (exact) mass is 334 g/mol. The van der Waals surface area contributed by atoms with E-state index in [9.17, 15) is 0 Å². The summed E-state index contributed by atoms with van der Waals surface area (Å²) in [4.78, 5) is 0. The molecular weight excluding hydrogens is 318 g/mol. The van der Waals surface area contributed by atoms with Crippen LogP contribution in [0.3, 0.4) is 0 Å². The van der Waals surface area contributed by atoms with Crippen LogP contribution < -0.4 is 0 Å². The van der Waals surface area contributed by atoms with Crippen molar-refractivity contribution < 1.29 is 0 Å². The van der Waals surface area contributed by atoms with E-state index in [2.05, 4.69) is 23.5 Å². The summed E-state index contributed by atoms with van der Waals surface area (Å²) in [6.45, 7) is 0. The average Bonchev–Trinajstić information content (AvgIpc) is 2.89. The van der Waals surface area contributed by atoms with E-state index in [1.165, 1.54) is 11.5 Å². The fraction of sp³-hybridized carbons (Fsp3) is 1.00. The van der Waals surface area contributed by atoms with Gasteiger partial charge in [0.05, 0.1) is 0 Å². The summed E-state index contributed by atoms with van der Waals surface area (Å²) in [6, 6.07) is 0. The van der Waals surface area contributed by atoms with Crippen molar-refractivity contribution in [1.29, 1.82) is 0 Å². The van der Waals surface area contributed by atoms with Gasteiger partial charge < -0.3 is 0 Å². The molecule has 2 heterocycles. The van der Waals surface area contributed by atoms with Gasteiger partial charge in [0, 0.05) is 0 Å². The van der Waals surface area contributed by atoms with Gasteiger partial charge in [-0.2, -0.15) is 0 Å². The van der Waals surface area contributed by atoms with Gasteiger partial charge in [-0.05, 0) is 0 Å². The molecule has 0 aromatic heterocycles. The Balaban J connectivity index is 1.31. The van der Waals surface area contributed by atoms with Crippen LogP contribution in [0.4, 0.5) is 0 Å². The van der Waals surface area contributed by atoms with Crippen molar-refractivity contribution in [3.63, 3.8) is 0 Å². The van der Waals surface area contributed by atoms with E-state index in [0.29, 0.717) is 0 Å². The zero-order valence-corrected chi connectivity index (χ0v) is 12.1. The third-order valence-electron chi connectivity index (χ3n) is 1.78. The Bertz CT molecular complexity index is 119. The first-order chi connectivity index (χ1) is 5.95. The van der Waals surface area contributed by atoms with Gasteiger partial charge in [0.2, 0.25) is 0 Å². The molecule has 0 saturated carbocycles. The van der Waals surface area contributed by atoms with Crippen molar-refractivity contribution in [2.45, 2.75) is 31.8 Å². The molecule has 2 fully saturated rings. The fourth-order valence-corrected chi connectivity index (χ4v) is 9.82. The Morgan fingerprint density at radius 2 is 1.33 bits per heavy atom. The molecule has 2 aliphatic heterocycles. The van der Waals surface area contributed by atoms with E-state index in [4.69, 9.17) is 0 Å². The van der Waals surface area contributed by atoms with Crippen molar-refractivity contribution in [3.05, 3.63) is 0 Å². The Morgan fingerprint density at radius 3 is 1.67 bits per heavy atom. The second kappa shape index (κ2) is 5.58. The molecule has 2 rings (SSSR count). The van der Waals surface area contributed by atoms with Gasteiger partial charge in [-0.15, -0.1) is 0 Å². The first-order valence-electron chi connectivity index (χ1n) is 4.34. The van der Waals surface area contributed by atoms with Gasteiger partial charge in [0.1, 0.15) is 0 Å². The van der Waals surface area contributed by atoms with Crippen LogP contribution in [0, 0.1) is 0 Å². The van der Waals surface area contributed by atoms with Crippen molar-refractivity contribution in [2.24, 2.45) is 0 Å². The predicted octanol–water partition coefficient (Wildman–Crippen LogP) is 2.30. The molecule has 0 radical (unpaired) electrons. The number of rotatable bonds is 7. The first-order valence-corrected chi connectivity index (χ1v) is 11.3. The molecule has 0 aromatic rings. The molecule has 0 bridgehead atoms. The molecule has 12 heavy (non-hydrogen) atoms. The van der Waals surface area contributed by atoms with Crippen molar-refractivity contribution in [2.75, 3.05) is 11.5 Å². The normalized spacial score (nSPS) is 32.0. The van der Waals surface area contributed by atoms with Crippen LogP contribution in [0.5, 0.6) is 0 Å². The van der Waals surface area contributed by atoms with Crippen LogP contribution in [0.2, 0.25) is 21.3 Å². The van der Waals surface area contributed by atoms with E-state index in [0.717, 1.165) is 40.4 Å². The maximum absolute atomic E-state index is 2.16. The fourth-order valence-electron chi connectivity index (χ4n) is 0.876. The van der Waals surface area contributed by atoms with Crippen LogP contribution in [0.25, 0.3) is 0 Å². The molecular formula is C8H14S2Se2. The summed E-state index contributed by atoms with van der Waals surface area (Å²) in [5, 5.41) is 8.54. The van der Waals surface area contributed by atoms with E-state index in [1.807, 2.05) is 0 Å². The molecule has 70 valence electrons. The Morgan fingerprint density at radius 1 is 0.917 bits per heavy atom. The molecule has 0 amide bonds. The van der Waals surface area contributed by atoms with Gasteiger partial charge in [0.15, 0.2) is 0 Å². The van der Waals surface area contributed by atoms with Gasteiger partial charge >= 0.3 is 96.7 Å². The molecule has 0 aromatic carbocycles. The van der Waals surface area contributed by atoms with Crippen LogP contribution in [0.15, 0.2) is 0 Å². The van der Waals surface area contributed by atoms with E-state index < -0.39 is 0 Å². The van der Waals surface area contributed by atoms with Crippen LogP contribution in [-0.4, -0.2) is 51.9 Å². The molecule has 2 saturated heterocycles. The van der Waals surface area contributed by atoms with Crippen molar-refractivity contribution >= 4 is 53.4 Å². The zero-order valence-electron chi connectivity index (χ0n) is 7.03. The van der Waals surface area contributed by atoms with E-state index in [-0.39, 0.29) is 0 Å². The molecule has 0 N–H and O–H groups in total. The van der Waals surface area contributed by atoms with Crippen molar-refractivity contribution in [1.82, 2.24) is 0 Å². The molecule has 0 aliphatic carbocycles. The van der Waals surface area contributed by atoms with E-state index in [1.54, 1.807) is 21.3 Å². The van der Waals surface area contributed by atoms with E-state index >= 15 is 0 Å². The van der Waals surface area contributed by atoms with Crippen molar-refractivity contribution in [3.8, 4) is 0 Å². The molecule has 0 spiro atoms. The Hall–Kier alpha value is 1.74. The third kappa shape index (κ3) is 4.83. The molecule has 2 aliphatic rings. The first kappa shape index (κ1) is 10.3. The molecule has 0 nitrogen and oxygen atoms in total. The van der Waals surface area contributed by atoms with Crippen LogP contribution in [-0.2, 0) is 0 Å². The summed E-state index contributed by atoms with van der Waals surface area (Å²) < 4.78 is 0. The number of hydrogen-bond acceptors (Lipinski definition) is 2. The topological polar surface area (TPSA) is 0 Å². The summed E-state index contributed by atoms with van der Waals surface area (Å²) in [5.41, 5.74) is 0. The Kier molecular flexibility index (Phi) is 4.77. The van der Waals surface area contributed by atoms with Crippen LogP contribution in [0.1, 0.15) is 0 Å². The summed E-state index contributed by atoms with van der Waals surface area (Å²) in [5.74, 6) is 2.96. The minimum absolute atomic E-state index is 1.01. The van der Waals surface area contributed by atoms with Gasteiger partial charge in [0.25, 0.3) is 0 Å². The second-order valence-electron chi connectivity index (χ2n) is 3.06. The Labute approximate surface area is 96.1 Å². The maximum atomic E-state index is 2.16. The standard InChI is InChI=1S/C8H14S2Se2/c1(11-5-7-3-9-7)2-12-6-8-4-10-8/h7-8H,1-6H2. The molecule has 4 heteroatoms. The molecule has 2 unspecified atom stereocenters. The predicted molar refractivity (Wildman–Crippen MR) is 63.2 cm³/mol. The SMILES string of the molecule is C(C[Se]CC1CS1)[Se]CC1CS1.